The first kappa shape index (κ1) is 21.0. The molecule has 0 spiro atoms. The number of carbonyl (C=O) groups is 3. The molecule has 1 aromatic rings. The van der Waals surface area contributed by atoms with Crippen LogP contribution in [-0.2, 0) is 19.1 Å². The first-order valence-corrected chi connectivity index (χ1v) is 9.96. The van der Waals surface area contributed by atoms with Gasteiger partial charge >= 0.3 is 5.97 Å². The van der Waals surface area contributed by atoms with Crippen LogP contribution in [-0.4, -0.2) is 62.6 Å². The minimum Gasteiger partial charge on any atom is -0.497 e. The summed E-state index contributed by atoms with van der Waals surface area (Å²) in [4.78, 5) is 40.9. The molecule has 0 radical (unpaired) electrons. The number of hydrogen-bond donors (Lipinski definition) is 0. The van der Waals surface area contributed by atoms with Crippen molar-refractivity contribution >= 4 is 23.5 Å². The smallest absolute Gasteiger partial charge is 0.312 e. The fraction of sp³-hybridized carbons (Fsp3) is 0.571. The second-order valence-corrected chi connectivity index (χ2v) is 7.41. The van der Waals surface area contributed by atoms with Gasteiger partial charge in [-0.05, 0) is 38.3 Å². The zero-order valence-electron chi connectivity index (χ0n) is 17.2. The Morgan fingerprint density at radius 1 is 1.10 bits per heavy atom. The molecular weight excluding hydrogens is 376 g/mol. The zero-order valence-corrected chi connectivity index (χ0v) is 17.2. The fourth-order valence-electron chi connectivity index (χ4n) is 3.80. The van der Waals surface area contributed by atoms with E-state index in [-0.39, 0.29) is 24.8 Å². The Morgan fingerprint density at radius 2 is 1.83 bits per heavy atom. The molecule has 2 unspecified atom stereocenters. The predicted octanol–water partition coefficient (Wildman–Crippen LogP) is 2.00. The summed E-state index contributed by atoms with van der Waals surface area (Å²) in [6.45, 7) is 3.18. The van der Waals surface area contributed by atoms with Gasteiger partial charge in [0.2, 0.25) is 5.91 Å². The molecule has 0 N–H and O–H groups in total. The molecule has 1 aromatic carbocycles. The highest BCUT2D eigenvalue weighted by molar-refractivity contribution is 6.01. The van der Waals surface area contributed by atoms with Crippen LogP contribution in [0, 0.1) is 5.92 Å². The van der Waals surface area contributed by atoms with Crippen LogP contribution in [0.5, 0.6) is 11.5 Å². The average molecular weight is 404 g/mol. The Bertz CT molecular complexity index is 774. The van der Waals surface area contributed by atoms with Crippen LogP contribution < -0.4 is 14.4 Å². The molecule has 0 bridgehead atoms. The lowest BCUT2D eigenvalue weighted by Gasteiger charge is -2.29. The second-order valence-electron chi connectivity index (χ2n) is 7.41. The zero-order chi connectivity index (χ0) is 21.0. The normalized spacial score (nSPS) is 20.4. The third kappa shape index (κ3) is 4.63. The van der Waals surface area contributed by atoms with Gasteiger partial charge in [0.25, 0.3) is 5.91 Å². The average Bonchev–Trinajstić information content (AvgIpc) is 3.14. The van der Waals surface area contributed by atoms with Crippen molar-refractivity contribution < 1.29 is 28.6 Å². The first-order valence-electron chi connectivity index (χ1n) is 9.96. The van der Waals surface area contributed by atoms with Crippen LogP contribution in [0.1, 0.15) is 32.6 Å². The molecule has 2 atom stereocenters. The lowest BCUT2D eigenvalue weighted by Crippen LogP contribution is -2.43. The van der Waals surface area contributed by atoms with Gasteiger partial charge in [-0.3, -0.25) is 14.4 Å². The van der Waals surface area contributed by atoms with E-state index in [1.165, 1.54) is 12.0 Å². The predicted molar refractivity (Wildman–Crippen MR) is 106 cm³/mol. The Morgan fingerprint density at radius 3 is 2.48 bits per heavy atom. The summed E-state index contributed by atoms with van der Waals surface area (Å²) in [6, 6.07) is 5.15. The molecule has 8 nitrogen and oxygen atoms in total. The number of benzene rings is 1. The van der Waals surface area contributed by atoms with Crippen LogP contribution in [0.3, 0.4) is 0 Å². The van der Waals surface area contributed by atoms with Crippen molar-refractivity contribution in [2.75, 3.05) is 38.8 Å². The lowest BCUT2D eigenvalue weighted by atomic mass is 10.1. The number of ether oxygens (including phenoxy) is 3. The molecule has 2 fully saturated rings. The Kier molecular flexibility index (Phi) is 6.61. The molecule has 0 aliphatic carbocycles. The van der Waals surface area contributed by atoms with E-state index in [1.807, 2.05) is 0 Å². The van der Waals surface area contributed by atoms with Gasteiger partial charge in [0.15, 0.2) is 6.10 Å². The van der Waals surface area contributed by atoms with E-state index >= 15 is 0 Å². The molecule has 8 heteroatoms. The summed E-state index contributed by atoms with van der Waals surface area (Å²) in [5.74, 6) is -0.405. The van der Waals surface area contributed by atoms with Gasteiger partial charge in [0, 0.05) is 32.1 Å². The van der Waals surface area contributed by atoms with Gasteiger partial charge < -0.3 is 24.0 Å². The number of anilines is 1. The number of rotatable bonds is 6. The largest absolute Gasteiger partial charge is 0.497 e. The highest BCUT2D eigenvalue weighted by atomic mass is 16.5. The Labute approximate surface area is 170 Å². The van der Waals surface area contributed by atoms with Crippen molar-refractivity contribution in [3.05, 3.63) is 18.2 Å². The van der Waals surface area contributed by atoms with E-state index < -0.39 is 18.0 Å². The van der Waals surface area contributed by atoms with Gasteiger partial charge in [0.1, 0.15) is 11.5 Å². The molecule has 2 aliphatic rings. The highest BCUT2D eigenvalue weighted by Crippen LogP contribution is 2.36. The SMILES string of the molecule is COc1ccc(N2CC(C(=O)OC(C)C(=O)N3CCCCC3)CC2=O)c(OC)c1. The summed E-state index contributed by atoms with van der Waals surface area (Å²) in [5.41, 5.74) is 0.575. The molecule has 0 aromatic heterocycles. The van der Waals surface area contributed by atoms with E-state index in [2.05, 4.69) is 0 Å². The number of piperidine rings is 1. The number of methoxy groups -OCH3 is 2. The van der Waals surface area contributed by atoms with Crippen molar-refractivity contribution in [2.24, 2.45) is 5.92 Å². The molecule has 2 heterocycles. The lowest BCUT2D eigenvalue weighted by molar-refractivity contribution is -0.162. The molecule has 0 saturated carbocycles. The number of carbonyl (C=O) groups excluding carboxylic acids is 3. The van der Waals surface area contributed by atoms with E-state index in [9.17, 15) is 14.4 Å². The molecule has 3 rings (SSSR count). The van der Waals surface area contributed by atoms with E-state index in [0.717, 1.165) is 19.3 Å². The second kappa shape index (κ2) is 9.15. The van der Waals surface area contributed by atoms with Crippen LogP contribution in [0.25, 0.3) is 0 Å². The maximum Gasteiger partial charge on any atom is 0.312 e. The summed E-state index contributed by atoms with van der Waals surface area (Å²) in [7, 11) is 3.06. The standard InChI is InChI=1S/C21H28N2O6/c1-14(20(25)22-9-5-4-6-10-22)29-21(26)15-11-19(24)23(13-15)17-8-7-16(27-2)12-18(17)28-3/h7-8,12,14-15H,4-6,9-11,13H2,1-3H3. The van der Waals surface area contributed by atoms with Gasteiger partial charge in [-0.2, -0.15) is 0 Å². The molecular formula is C21H28N2O6. The Balaban J connectivity index is 1.63. The summed E-state index contributed by atoms with van der Waals surface area (Å²) in [6.07, 6.45) is 2.26. The van der Waals surface area contributed by atoms with Crippen molar-refractivity contribution in [2.45, 2.75) is 38.7 Å². The third-order valence-electron chi connectivity index (χ3n) is 5.44. The number of esters is 1. The first-order chi connectivity index (χ1) is 13.9. The van der Waals surface area contributed by atoms with E-state index in [4.69, 9.17) is 14.2 Å². The fourth-order valence-corrected chi connectivity index (χ4v) is 3.80. The topological polar surface area (TPSA) is 85.4 Å². The number of hydrogen-bond acceptors (Lipinski definition) is 6. The maximum absolute atomic E-state index is 12.6. The molecule has 158 valence electrons. The van der Waals surface area contributed by atoms with E-state index in [1.54, 1.807) is 37.1 Å². The minimum atomic E-state index is -0.847. The van der Waals surface area contributed by atoms with Crippen LogP contribution in [0.4, 0.5) is 5.69 Å². The summed E-state index contributed by atoms with van der Waals surface area (Å²) in [5, 5.41) is 0. The maximum atomic E-state index is 12.6. The Hall–Kier alpha value is -2.77. The summed E-state index contributed by atoms with van der Waals surface area (Å²) >= 11 is 0. The highest BCUT2D eigenvalue weighted by Gasteiger charge is 2.38. The van der Waals surface area contributed by atoms with Gasteiger partial charge in [-0.1, -0.05) is 0 Å². The molecule has 29 heavy (non-hydrogen) atoms. The number of nitrogens with zero attached hydrogens (tertiary/aromatic N) is 2. The van der Waals surface area contributed by atoms with Crippen LogP contribution in [0.2, 0.25) is 0 Å². The third-order valence-corrected chi connectivity index (χ3v) is 5.44. The van der Waals surface area contributed by atoms with Gasteiger partial charge in [0.05, 0.1) is 25.8 Å². The molecule has 2 amide bonds. The monoisotopic (exact) mass is 404 g/mol. The number of likely N-dealkylation sites (tertiary alicyclic amines) is 1. The molecule has 2 saturated heterocycles. The van der Waals surface area contributed by atoms with Gasteiger partial charge in [-0.25, -0.2) is 0 Å². The minimum absolute atomic E-state index is 0.0403. The summed E-state index contributed by atoms with van der Waals surface area (Å²) < 4.78 is 16.0. The van der Waals surface area contributed by atoms with Crippen molar-refractivity contribution in [3.8, 4) is 11.5 Å². The number of amides is 2. The molecule has 2 aliphatic heterocycles. The van der Waals surface area contributed by atoms with Crippen molar-refractivity contribution in [1.29, 1.82) is 0 Å². The van der Waals surface area contributed by atoms with Crippen molar-refractivity contribution in [3.63, 3.8) is 0 Å². The van der Waals surface area contributed by atoms with Gasteiger partial charge in [-0.15, -0.1) is 0 Å². The van der Waals surface area contributed by atoms with Crippen molar-refractivity contribution in [1.82, 2.24) is 4.90 Å². The van der Waals surface area contributed by atoms with Crippen LogP contribution >= 0.6 is 0 Å². The quantitative estimate of drug-likeness (QED) is 0.674. The van der Waals surface area contributed by atoms with Crippen LogP contribution in [0.15, 0.2) is 18.2 Å². The van der Waals surface area contributed by atoms with E-state index in [0.29, 0.717) is 30.3 Å².